The molecule has 6 heteroatoms. The number of benzene rings is 7. The van der Waals surface area contributed by atoms with Crippen molar-refractivity contribution in [2.75, 3.05) is 0 Å². The first-order valence-electron chi connectivity index (χ1n) is 19.5. The van der Waals surface area contributed by atoms with Crippen molar-refractivity contribution in [2.24, 2.45) is 0 Å². The predicted molar refractivity (Wildman–Crippen MR) is 235 cm³/mol. The summed E-state index contributed by atoms with van der Waals surface area (Å²) in [5, 5.41) is 11.9. The van der Waals surface area contributed by atoms with E-state index in [9.17, 15) is 9.65 Å². The van der Waals surface area contributed by atoms with Crippen LogP contribution in [0.15, 0.2) is 164 Å². The number of aromatic nitrogens is 3. The van der Waals surface area contributed by atoms with Gasteiger partial charge in [-0.2, -0.15) is 5.26 Å². The molecule has 2 aromatic heterocycles. The molecule has 0 saturated carbocycles. The van der Waals surface area contributed by atoms with Gasteiger partial charge in [0.2, 0.25) is 0 Å². The molecule has 9 rings (SSSR count). The van der Waals surface area contributed by atoms with Gasteiger partial charge in [-0.25, -0.2) is 0 Å². The van der Waals surface area contributed by atoms with Gasteiger partial charge in [0.25, 0.3) is 0 Å². The fourth-order valence-corrected chi connectivity index (χ4v) is 7.43. The van der Waals surface area contributed by atoms with E-state index in [0.29, 0.717) is 5.56 Å². The van der Waals surface area contributed by atoms with Crippen molar-refractivity contribution in [3.63, 3.8) is 0 Å². The van der Waals surface area contributed by atoms with E-state index < -0.39 is 0 Å². The van der Waals surface area contributed by atoms with Crippen molar-refractivity contribution in [1.29, 1.82) is 5.26 Å². The SMILES string of the molecule is CC(C)c1cc(-c2ccc(-c3ccccc3)cc2)cc(C(C)C)c1-n1c(-c2[c-]c3ccccc3c(C#N)c2)nc2ccccc21.Fc1c[c-]c(-c2ccccn2)cc1.[Ir]. The summed E-state index contributed by atoms with van der Waals surface area (Å²) in [6, 6.07) is 61.1. The third kappa shape index (κ3) is 8.54. The minimum Gasteiger partial charge on any atom is -0.324 e. The number of nitriles is 1. The van der Waals surface area contributed by atoms with E-state index in [2.05, 4.69) is 140 Å². The molecule has 4 nitrogen and oxygen atoms in total. The normalized spacial score (nSPS) is 10.9. The molecule has 0 bridgehead atoms. The fraction of sp³-hybridized carbons (Fsp3) is 0.113. The molecule has 1 radical (unpaired) electrons. The number of para-hydroxylation sites is 2. The van der Waals surface area contributed by atoms with Gasteiger partial charge in [0.1, 0.15) is 0 Å². The van der Waals surface area contributed by atoms with Crippen LogP contribution in [0.2, 0.25) is 0 Å². The summed E-state index contributed by atoms with van der Waals surface area (Å²) in [6.07, 6.45) is 1.70. The molecule has 2 heterocycles. The molecule has 0 aliphatic carbocycles. The van der Waals surface area contributed by atoms with Gasteiger partial charge in [-0.1, -0.05) is 136 Å². The van der Waals surface area contributed by atoms with E-state index in [1.807, 2.05) is 54.6 Å². The van der Waals surface area contributed by atoms with E-state index in [4.69, 9.17) is 4.98 Å². The van der Waals surface area contributed by atoms with E-state index in [0.717, 1.165) is 50.1 Å². The van der Waals surface area contributed by atoms with Crippen LogP contribution in [0.1, 0.15) is 56.2 Å². The number of pyridine rings is 1. The van der Waals surface area contributed by atoms with Crippen LogP contribution in [0.5, 0.6) is 0 Å². The molecular formula is C53H41FIrN4-2. The van der Waals surface area contributed by atoms with Gasteiger partial charge >= 0.3 is 0 Å². The summed E-state index contributed by atoms with van der Waals surface area (Å²) in [4.78, 5) is 9.31. The molecule has 7 aromatic carbocycles. The topological polar surface area (TPSA) is 54.5 Å². The van der Waals surface area contributed by atoms with Gasteiger partial charge in [-0.3, -0.25) is 9.37 Å². The molecule has 291 valence electrons. The van der Waals surface area contributed by atoms with Crippen LogP contribution in [0, 0.1) is 29.3 Å². The molecule has 9 aromatic rings. The summed E-state index contributed by atoms with van der Waals surface area (Å²) in [7, 11) is 0. The van der Waals surface area contributed by atoms with Gasteiger partial charge in [0.15, 0.2) is 0 Å². The number of hydrogen-bond donors (Lipinski definition) is 0. The Morgan fingerprint density at radius 3 is 1.92 bits per heavy atom. The monoisotopic (exact) mass is 945 g/mol. The van der Waals surface area contributed by atoms with Crippen LogP contribution >= 0.6 is 0 Å². The largest absolute Gasteiger partial charge is 0.324 e. The van der Waals surface area contributed by atoms with Gasteiger partial charge < -0.3 is 9.55 Å². The molecule has 0 atom stereocenters. The van der Waals surface area contributed by atoms with E-state index in [1.165, 1.54) is 45.5 Å². The Balaban J connectivity index is 0.000000321. The number of rotatable bonds is 7. The molecule has 0 N–H and O–H groups in total. The van der Waals surface area contributed by atoms with Crippen LogP contribution in [-0.2, 0) is 20.1 Å². The maximum Gasteiger partial charge on any atom is 0.0834 e. The molecule has 0 aliphatic rings. The Kier molecular flexibility index (Phi) is 12.4. The zero-order chi connectivity index (χ0) is 40.2. The van der Waals surface area contributed by atoms with Crippen LogP contribution < -0.4 is 0 Å². The quantitative estimate of drug-likeness (QED) is 0.150. The minimum atomic E-state index is -0.278. The second kappa shape index (κ2) is 18.0. The number of halogens is 1. The number of fused-ring (bicyclic) bond motifs is 2. The van der Waals surface area contributed by atoms with Crippen molar-refractivity contribution in [2.45, 2.75) is 39.5 Å². The fourth-order valence-electron chi connectivity index (χ4n) is 7.43. The predicted octanol–water partition coefficient (Wildman–Crippen LogP) is 13.8. The van der Waals surface area contributed by atoms with Gasteiger partial charge in [0, 0.05) is 37.8 Å². The summed E-state index contributed by atoms with van der Waals surface area (Å²) in [6.45, 7) is 9.06. The zero-order valence-corrected chi connectivity index (χ0v) is 35.6. The Hall–Kier alpha value is -6.51. The second-order valence-electron chi connectivity index (χ2n) is 14.9. The smallest absolute Gasteiger partial charge is 0.0834 e. The van der Waals surface area contributed by atoms with Crippen molar-refractivity contribution in [3.8, 4) is 56.7 Å². The van der Waals surface area contributed by atoms with Crippen molar-refractivity contribution in [1.82, 2.24) is 14.5 Å². The third-order valence-electron chi connectivity index (χ3n) is 10.4. The average Bonchev–Trinajstić information content (AvgIpc) is 3.66. The summed E-state index contributed by atoms with van der Waals surface area (Å²) < 4.78 is 14.9. The van der Waals surface area contributed by atoms with Crippen molar-refractivity contribution in [3.05, 3.63) is 199 Å². The van der Waals surface area contributed by atoms with E-state index in [-0.39, 0.29) is 37.8 Å². The van der Waals surface area contributed by atoms with Crippen LogP contribution in [-0.4, -0.2) is 14.5 Å². The van der Waals surface area contributed by atoms with Gasteiger partial charge in [-0.15, -0.1) is 53.4 Å². The van der Waals surface area contributed by atoms with Crippen LogP contribution in [0.25, 0.3) is 72.4 Å². The van der Waals surface area contributed by atoms with E-state index >= 15 is 0 Å². The van der Waals surface area contributed by atoms with Crippen LogP contribution in [0.4, 0.5) is 4.39 Å². The second-order valence-corrected chi connectivity index (χ2v) is 14.9. The first-order chi connectivity index (χ1) is 28.3. The minimum absolute atomic E-state index is 0. The summed E-state index contributed by atoms with van der Waals surface area (Å²) in [5.41, 5.74) is 13.5. The first-order valence-corrected chi connectivity index (χ1v) is 19.5. The average molecular weight is 945 g/mol. The van der Waals surface area contributed by atoms with E-state index in [1.54, 1.807) is 12.3 Å². The molecular weight excluding hydrogens is 904 g/mol. The maximum atomic E-state index is 12.6. The van der Waals surface area contributed by atoms with Gasteiger partial charge in [0.05, 0.1) is 22.9 Å². The summed E-state index contributed by atoms with van der Waals surface area (Å²) in [5.74, 6) is 1.03. The molecule has 0 amide bonds. The zero-order valence-electron chi connectivity index (χ0n) is 33.2. The Labute approximate surface area is 359 Å². The molecule has 0 saturated heterocycles. The molecule has 59 heavy (non-hydrogen) atoms. The number of nitrogens with zero attached hydrogens (tertiary/aromatic N) is 4. The Bertz CT molecular complexity index is 2860. The number of imidazole rings is 1. The van der Waals surface area contributed by atoms with Gasteiger partial charge in [-0.05, 0) is 86.8 Å². The van der Waals surface area contributed by atoms with Crippen molar-refractivity contribution < 1.29 is 24.5 Å². The molecule has 0 unspecified atom stereocenters. The first kappa shape index (κ1) is 40.7. The maximum absolute atomic E-state index is 12.6. The Morgan fingerprint density at radius 2 is 1.27 bits per heavy atom. The third-order valence-corrected chi connectivity index (χ3v) is 10.4. The summed E-state index contributed by atoms with van der Waals surface area (Å²) >= 11 is 0. The number of hydrogen-bond acceptors (Lipinski definition) is 3. The Morgan fingerprint density at radius 1 is 0.644 bits per heavy atom. The molecule has 0 aliphatic heterocycles. The standard InChI is InChI=1S/C42H34N3.C11H7FN.Ir/c1-27(2)37-24-33(31-20-18-30(19-21-31)29-12-6-5-7-13-29)25-38(28(3)4)41(37)45-40-17-11-10-16-39(40)44-42(45)34-22-32-14-8-9-15-36(32)35(23-34)26-43;12-10-6-4-9(5-7-10)11-3-1-2-8-13-11;/h5-21,23-25,27-28H,1-4H3;1-4,6-8H;/q2*-1;. The molecule has 0 spiro atoms. The van der Waals surface area contributed by atoms with Crippen molar-refractivity contribution >= 4 is 21.8 Å². The molecule has 0 fully saturated rings. The van der Waals surface area contributed by atoms with Crippen LogP contribution in [0.3, 0.4) is 0 Å².